The van der Waals surface area contributed by atoms with Crippen LogP contribution in [0.5, 0.6) is 0 Å². The molecule has 0 spiro atoms. The minimum atomic E-state index is 0.367. The second kappa shape index (κ2) is 5.14. The zero-order valence-electron chi connectivity index (χ0n) is 8.29. The Hall–Kier alpha value is -1.33. The molecule has 0 aliphatic rings. The molecular formula is C10H9ClN4S. The monoisotopic (exact) mass is 252 g/mol. The Morgan fingerprint density at radius 3 is 2.94 bits per heavy atom. The Bertz CT molecular complexity index is 492. The van der Waals surface area contributed by atoms with Gasteiger partial charge in [-0.1, -0.05) is 23.8 Å². The minimum absolute atomic E-state index is 0.367. The van der Waals surface area contributed by atoms with Crippen molar-refractivity contribution in [3.05, 3.63) is 41.3 Å². The SMILES string of the molecule is SCC=Cc1cnn(-c2ccc(Cl)nn2)c1. The van der Waals surface area contributed by atoms with E-state index < -0.39 is 0 Å². The average Bonchev–Trinajstić information content (AvgIpc) is 2.76. The third kappa shape index (κ3) is 2.62. The van der Waals surface area contributed by atoms with Crippen LogP contribution in [0.15, 0.2) is 30.6 Å². The summed E-state index contributed by atoms with van der Waals surface area (Å²) in [5.74, 6) is 1.33. The first-order valence-corrected chi connectivity index (χ1v) is 5.62. The maximum absolute atomic E-state index is 5.65. The number of rotatable bonds is 3. The lowest BCUT2D eigenvalue weighted by Crippen LogP contribution is -1.98. The van der Waals surface area contributed by atoms with Gasteiger partial charge in [-0.3, -0.25) is 0 Å². The van der Waals surface area contributed by atoms with Gasteiger partial charge >= 0.3 is 0 Å². The predicted octanol–water partition coefficient (Wildman–Crippen LogP) is 2.26. The topological polar surface area (TPSA) is 43.6 Å². The predicted molar refractivity (Wildman–Crippen MR) is 67.1 cm³/mol. The molecule has 0 saturated heterocycles. The van der Waals surface area contributed by atoms with Gasteiger partial charge in [0.1, 0.15) is 0 Å². The molecule has 0 radical (unpaired) electrons. The van der Waals surface area contributed by atoms with Gasteiger partial charge in [0.15, 0.2) is 11.0 Å². The van der Waals surface area contributed by atoms with Gasteiger partial charge in [0.2, 0.25) is 0 Å². The highest BCUT2D eigenvalue weighted by Gasteiger charge is 2.00. The summed E-state index contributed by atoms with van der Waals surface area (Å²) in [6, 6.07) is 3.43. The molecule has 0 aliphatic carbocycles. The lowest BCUT2D eigenvalue weighted by Gasteiger charge is -1.97. The summed E-state index contributed by atoms with van der Waals surface area (Å²) in [6.07, 6.45) is 7.49. The van der Waals surface area contributed by atoms with E-state index in [2.05, 4.69) is 27.9 Å². The molecule has 2 rings (SSSR count). The first-order valence-electron chi connectivity index (χ1n) is 4.61. The van der Waals surface area contributed by atoms with Crippen molar-refractivity contribution >= 4 is 30.3 Å². The average molecular weight is 253 g/mol. The van der Waals surface area contributed by atoms with Crippen LogP contribution in [-0.2, 0) is 0 Å². The van der Waals surface area contributed by atoms with Crippen molar-refractivity contribution in [1.29, 1.82) is 0 Å². The normalized spacial score (nSPS) is 11.1. The van der Waals surface area contributed by atoms with Crippen LogP contribution in [0.25, 0.3) is 11.9 Å². The van der Waals surface area contributed by atoms with Crippen molar-refractivity contribution in [2.45, 2.75) is 0 Å². The molecule has 0 atom stereocenters. The molecule has 0 fully saturated rings. The summed E-state index contributed by atoms with van der Waals surface area (Å²) in [5.41, 5.74) is 0.991. The number of thiol groups is 1. The maximum Gasteiger partial charge on any atom is 0.175 e. The van der Waals surface area contributed by atoms with Crippen molar-refractivity contribution in [2.75, 3.05) is 5.75 Å². The molecule has 0 N–H and O–H groups in total. The zero-order chi connectivity index (χ0) is 11.4. The number of hydrogen-bond acceptors (Lipinski definition) is 4. The first kappa shape index (κ1) is 11.2. The van der Waals surface area contributed by atoms with Crippen molar-refractivity contribution < 1.29 is 0 Å². The number of halogens is 1. The smallest absolute Gasteiger partial charge is 0.175 e. The lowest BCUT2D eigenvalue weighted by molar-refractivity contribution is 0.814. The van der Waals surface area contributed by atoms with Crippen molar-refractivity contribution in [1.82, 2.24) is 20.0 Å². The van der Waals surface area contributed by atoms with E-state index in [4.69, 9.17) is 11.6 Å². The van der Waals surface area contributed by atoms with E-state index >= 15 is 0 Å². The summed E-state index contributed by atoms with van der Waals surface area (Å²) in [6.45, 7) is 0. The molecule has 4 nitrogen and oxygen atoms in total. The molecule has 16 heavy (non-hydrogen) atoms. The lowest BCUT2D eigenvalue weighted by atomic mass is 10.3. The highest BCUT2D eigenvalue weighted by atomic mass is 35.5. The van der Waals surface area contributed by atoms with Crippen LogP contribution in [0.2, 0.25) is 5.15 Å². The summed E-state index contributed by atoms with van der Waals surface area (Å²) in [7, 11) is 0. The number of nitrogens with zero attached hydrogens (tertiary/aromatic N) is 4. The van der Waals surface area contributed by atoms with E-state index in [0.717, 1.165) is 5.56 Å². The van der Waals surface area contributed by atoms with Crippen molar-refractivity contribution in [2.24, 2.45) is 0 Å². The number of hydrogen-bond donors (Lipinski definition) is 1. The third-order valence-corrected chi connectivity index (χ3v) is 2.28. The van der Waals surface area contributed by atoms with E-state index in [1.165, 1.54) is 0 Å². The Balaban J connectivity index is 2.24. The molecule has 82 valence electrons. The first-order chi connectivity index (χ1) is 7.79. The molecule has 2 aromatic heterocycles. The Morgan fingerprint density at radius 1 is 1.38 bits per heavy atom. The van der Waals surface area contributed by atoms with Crippen LogP contribution < -0.4 is 0 Å². The van der Waals surface area contributed by atoms with Gasteiger partial charge in [-0.05, 0) is 12.1 Å². The fourth-order valence-electron chi connectivity index (χ4n) is 1.17. The van der Waals surface area contributed by atoms with E-state index in [1.807, 2.05) is 18.3 Å². The molecule has 0 amide bonds. The largest absolute Gasteiger partial charge is 0.220 e. The molecule has 0 unspecified atom stereocenters. The number of aromatic nitrogens is 4. The fraction of sp³-hybridized carbons (Fsp3) is 0.100. The standard InChI is InChI=1S/C10H9ClN4S/c11-9-3-4-10(14-13-9)15-7-8(6-12-15)2-1-5-16/h1-4,6-7,16H,5H2. The molecule has 0 bridgehead atoms. The van der Waals surface area contributed by atoms with Gasteiger partial charge < -0.3 is 0 Å². The fourth-order valence-corrected chi connectivity index (χ4v) is 1.37. The van der Waals surface area contributed by atoms with Crippen molar-refractivity contribution in [3.8, 4) is 5.82 Å². The molecule has 6 heteroatoms. The molecule has 0 aliphatic heterocycles. The van der Waals surface area contributed by atoms with Crippen molar-refractivity contribution in [3.63, 3.8) is 0 Å². The van der Waals surface area contributed by atoms with Gasteiger partial charge in [0.25, 0.3) is 0 Å². The summed E-state index contributed by atoms with van der Waals surface area (Å²) >= 11 is 9.74. The van der Waals surface area contributed by atoms with Crippen LogP contribution in [0, 0.1) is 0 Å². The van der Waals surface area contributed by atoms with Gasteiger partial charge in [-0.25, -0.2) is 4.68 Å². The molecule has 0 aromatic carbocycles. The Kier molecular flexibility index (Phi) is 3.58. The summed E-state index contributed by atoms with van der Waals surface area (Å²) < 4.78 is 1.64. The second-order valence-corrected chi connectivity index (χ2v) is 3.77. The molecular weight excluding hydrogens is 244 g/mol. The van der Waals surface area contributed by atoms with Crippen LogP contribution in [0.3, 0.4) is 0 Å². The van der Waals surface area contributed by atoms with Crippen LogP contribution in [0.1, 0.15) is 5.56 Å². The van der Waals surface area contributed by atoms with Crippen LogP contribution in [0.4, 0.5) is 0 Å². The molecule has 0 saturated carbocycles. The van der Waals surface area contributed by atoms with Gasteiger partial charge in [-0.2, -0.15) is 17.7 Å². The highest BCUT2D eigenvalue weighted by Crippen LogP contribution is 2.08. The van der Waals surface area contributed by atoms with Gasteiger partial charge in [-0.15, -0.1) is 10.2 Å². The Labute approximate surface area is 103 Å². The summed E-state index contributed by atoms with van der Waals surface area (Å²) in [5, 5.41) is 12.2. The Morgan fingerprint density at radius 2 is 2.25 bits per heavy atom. The van der Waals surface area contributed by atoms with E-state index in [-0.39, 0.29) is 0 Å². The van der Waals surface area contributed by atoms with Gasteiger partial charge in [0, 0.05) is 17.5 Å². The van der Waals surface area contributed by atoms with Crippen LogP contribution >= 0.6 is 24.2 Å². The molecule has 2 heterocycles. The summed E-state index contributed by atoms with van der Waals surface area (Å²) in [4.78, 5) is 0. The van der Waals surface area contributed by atoms with E-state index in [0.29, 0.717) is 16.7 Å². The second-order valence-electron chi connectivity index (χ2n) is 3.02. The quantitative estimate of drug-likeness (QED) is 0.853. The van der Waals surface area contributed by atoms with E-state index in [1.54, 1.807) is 23.0 Å². The zero-order valence-corrected chi connectivity index (χ0v) is 9.94. The van der Waals surface area contributed by atoms with E-state index in [9.17, 15) is 0 Å². The van der Waals surface area contributed by atoms with Crippen LogP contribution in [-0.4, -0.2) is 25.7 Å². The van der Waals surface area contributed by atoms with Gasteiger partial charge in [0.05, 0.1) is 6.20 Å². The highest BCUT2D eigenvalue weighted by molar-refractivity contribution is 7.80. The minimum Gasteiger partial charge on any atom is -0.220 e. The maximum atomic E-state index is 5.65. The molecule has 2 aromatic rings. The third-order valence-electron chi connectivity index (χ3n) is 1.87.